The highest BCUT2D eigenvalue weighted by Gasteiger charge is 2.48. The fourth-order valence-electron chi connectivity index (χ4n) is 5.76. The Hall–Kier alpha value is -3.93. The lowest BCUT2D eigenvalue weighted by Gasteiger charge is -2.35. The van der Waals surface area contributed by atoms with Gasteiger partial charge in [0.1, 0.15) is 17.3 Å². The molecule has 1 fully saturated rings. The van der Waals surface area contributed by atoms with Crippen LogP contribution in [0.3, 0.4) is 0 Å². The SMILES string of the molecule is Cc1ccc(-n2nc3c(c2C(=O)NCC2(CO)CC2)C(=O)N[C@@]2(CCc4cc(OCC(F)(F)F)ccc42)C3)cc1F. The van der Waals surface area contributed by atoms with Gasteiger partial charge in [0.2, 0.25) is 0 Å². The molecular weight excluding hydrogens is 544 g/mol. The molecule has 2 heterocycles. The van der Waals surface area contributed by atoms with E-state index in [-0.39, 0.29) is 47.7 Å². The number of carbonyl (C=O) groups excluding carboxylic acids is 2. The minimum absolute atomic E-state index is 0.0292. The van der Waals surface area contributed by atoms with E-state index in [1.165, 1.54) is 16.8 Å². The Morgan fingerprint density at radius 2 is 1.98 bits per heavy atom. The van der Waals surface area contributed by atoms with Gasteiger partial charge >= 0.3 is 6.18 Å². The molecule has 2 aromatic carbocycles. The topological polar surface area (TPSA) is 105 Å². The number of rotatable bonds is 7. The van der Waals surface area contributed by atoms with Crippen molar-refractivity contribution in [3.05, 3.63) is 75.9 Å². The number of aliphatic hydroxyl groups excluding tert-OH is 1. The number of nitrogens with zero attached hydrogens (tertiary/aromatic N) is 2. The Bertz CT molecular complexity index is 1560. The van der Waals surface area contributed by atoms with Crippen molar-refractivity contribution in [2.45, 2.75) is 50.7 Å². The molecule has 1 aromatic heterocycles. The number of benzene rings is 2. The van der Waals surface area contributed by atoms with Gasteiger partial charge in [-0.3, -0.25) is 9.59 Å². The lowest BCUT2D eigenvalue weighted by molar-refractivity contribution is -0.153. The number of nitrogens with one attached hydrogen (secondary N) is 2. The molecule has 1 saturated carbocycles. The highest BCUT2D eigenvalue weighted by atomic mass is 19.4. The van der Waals surface area contributed by atoms with E-state index in [9.17, 15) is 32.3 Å². The third-order valence-electron chi connectivity index (χ3n) is 8.35. The first-order valence-electron chi connectivity index (χ1n) is 13.4. The van der Waals surface area contributed by atoms with Crippen molar-refractivity contribution >= 4 is 11.8 Å². The van der Waals surface area contributed by atoms with Crippen molar-refractivity contribution in [3.63, 3.8) is 0 Å². The minimum Gasteiger partial charge on any atom is -0.484 e. The third kappa shape index (κ3) is 4.94. The standard InChI is InChI=1S/C29H28F4N4O4/c1-16-2-3-18(11-21(16)30)37-24(26(40)34-13-27(14-38)8-9-27)23-22(36-37)12-28(35-25(23)39)7-6-17-10-19(4-5-20(17)28)41-15-29(31,32)33/h2-5,10-11,38H,6-9,12-15H2,1H3,(H,34,40)(H,35,39)/t28-/m0/s1. The van der Waals surface area contributed by atoms with E-state index < -0.39 is 36.0 Å². The normalized spacial score (nSPS) is 20.4. The molecule has 6 rings (SSSR count). The average Bonchev–Trinajstić information content (AvgIpc) is 3.50. The minimum atomic E-state index is -4.46. The van der Waals surface area contributed by atoms with Crippen LogP contribution in [0.15, 0.2) is 36.4 Å². The molecule has 12 heteroatoms. The van der Waals surface area contributed by atoms with E-state index in [4.69, 9.17) is 4.74 Å². The fourth-order valence-corrected chi connectivity index (χ4v) is 5.76. The molecule has 1 aliphatic heterocycles. The van der Waals surface area contributed by atoms with Crippen molar-refractivity contribution in [1.82, 2.24) is 20.4 Å². The summed E-state index contributed by atoms with van der Waals surface area (Å²) in [4.78, 5) is 27.2. The van der Waals surface area contributed by atoms with Crippen molar-refractivity contribution in [2.24, 2.45) is 5.41 Å². The number of aryl methyl sites for hydroxylation is 2. The van der Waals surface area contributed by atoms with E-state index in [1.807, 2.05) is 0 Å². The smallest absolute Gasteiger partial charge is 0.422 e. The average molecular weight is 573 g/mol. The zero-order valence-corrected chi connectivity index (χ0v) is 22.2. The van der Waals surface area contributed by atoms with Crippen LogP contribution in [0.1, 0.15) is 62.5 Å². The van der Waals surface area contributed by atoms with Gasteiger partial charge in [-0.05, 0) is 73.6 Å². The van der Waals surface area contributed by atoms with Crippen LogP contribution in [-0.2, 0) is 18.4 Å². The second kappa shape index (κ2) is 9.57. The lowest BCUT2D eigenvalue weighted by Crippen LogP contribution is -2.50. The van der Waals surface area contributed by atoms with Crippen molar-refractivity contribution in [3.8, 4) is 11.4 Å². The van der Waals surface area contributed by atoms with Crippen molar-refractivity contribution in [1.29, 1.82) is 0 Å². The molecule has 2 amide bonds. The Morgan fingerprint density at radius 1 is 1.20 bits per heavy atom. The molecule has 1 spiro atoms. The molecule has 3 aliphatic rings. The molecule has 3 N–H and O–H groups in total. The first-order chi connectivity index (χ1) is 19.4. The molecule has 41 heavy (non-hydrogen) atoms. The Balaban J connectivity index is 1.36. The maximum atomic E-state index is 14.6. The number of ether oxygens (including phenoxy) is 1. The van der Waals surface area contributed by atoms with Gasteiger partial charge in [0.15, 0.2) is 6.61 Å². The largest absolute Gasteiger partial charge is 0.484 e. The van der Waals surface area contributed by atoms with Crippen LogP contribution in [0.25, 0.3) is 5.69 Å². The molecule has 3 aromatic rings. The summed E-state index contributed by atoms with van der Waals surface area (Å²) in [5.41, 5.74) is 1.35. The number of halogens is 4. The second-order valence-corrected chi connectivity index (χ2v) is 11.3. The first kappa shape index (κ1) is 27.3. The summed E-state index contributed by atoms with van der Waals surface area (Å²) in [5.74, 6) is -1.50. The van der Waals surface area contributed by atoms with E-state index in [2.05, 4.69) is 15.7 Å². The Kier molecular flexibility index (Phi) is 6.36. The van der Waals surface area contributed by atoms with Crippen LogP contribution in [-0.4, -0.2) is 52.6 Å². The maximum Gasteiger partial charge on any atom is 0.422 e. The van der Waals surface area contributed by atoms with Gasteiger partial charge < -0.3 is 20.5 Å². The molecule has 1 atom stereocenters. The number of carbonyl (C=O) groups is 2. The molecule has 0 radical (unpaired) electrons. The van der Waals surface area contributed by atoms with Crippen LogP contribution < -0.4 is 15.4 Å². The second-order valence-electron chi connectivity index (χ2n) is 11.3. The number of hydrogen-bond acceptors (Lipinski definition) is 5. The lowest BCUT2D eigenvalue weighted by atomic mass is 9.82. The highest BCUT2D eigenvalue weighted by Crippen LogP contribution is 2.45. The maximum absolute atomic E-state index is 14.6. The van der Waals surface area contributed by atoms with Gasteiger partial charge in [0, 0.05) is 18.4 Å². The highest BCUT2D eigenvalue weighted by molar-refractivity contribution is 6.08. The summed E-state index contributed by atoms with van der Waals surface area (Å²) >= 11 is 0. The van der Waals surface area contributed by atoms with Crippen molar-refractivity contribution in [2.75, 3.05) is 19.8 Å². The molecule has 0 unspecified atom stereocenters. The summed E-state index contributed by atoms with van der Waals surface area (Å²) < 4.78 is 58.6. The number of alkyl halides is 3. The number of aliphatic hydroxyl groups is 1. The zero-order chi connectivity index (χ0) is 29.2. The summed E-state index contributed by atoms with van der Waals surface area (Å²) in [6, 6.07) is 9.08. The molecule has 0 bridgehead atoms. The van der Waals surface area contributed by atoms with Crippen molar-refractivity contribution < 1.29 is 37.0 Å². The van der Waals surface area contributed by atoms with Crippen LogP contribution >= 0.6 is 0 Å². The van der Waals surface area contributed by atoms with Gasteiger partial charge in [0.25, 0.3) is 11.8 Å². The van der Waals surface area contributed by atoms with Crippen LogP contribution in [0, 0.1) is 18.2 Å². The van der Waals surface area contributed by atoms with Gasteiger partial charge in [-0.1, -0.05) is 12.1 Å². The van der Waals surface area contributed by atoms with E-state index >= 15 is 0 Å². The van der Waals surface area contributed by atoms with E-state index in [0.29, 0.717) is 24.1 Å². The van der Waals surface area contributed by atoms with Gasteiger partial charge in [-0.25, -0.2) is 9.07 Å². The predicted octanol–water partition coefficient (Wildman–Crippen LogP) is 3.89. The Labute approximate surface area is 232 Å². The summed E-state index contributed by atoms with van der Waals surface area (Å²) in [5, 5.41) is 20.2. The number of amides is 2. The predicted molar refractivity (Wildman–Crippen MR) is 139 cm³/mol. The zero-order valence-electron chi connectivity index (χ0n) is 22.2. The molecular formula is C29H28F4N4O4. The molecule has 8 nitrogen and oxygen atoms in total. The van der Waals surface area contributed by atoms with Gasteiger partial charge in [-0.15, -0.1) is 0 Å². The van der Waals surface area contributed by atoms with Crippen LogP contribution in [0.2, 0.25) is 0 Å². The molecule has 216 valence electrons. The Morgan fingerprint density at radius 3 is 2.66 bits per heavy atom. The quantitative estimate of drug-likeness (QED) is 0.373. The van der Waals surface area contributed by atoms with Crippen LogP contribution in [0.4, 0.5) is 17.6 Å². The van der Waals surface area contributed by atoms with Gasteiger partial charge in [0.05, 0.1) is 29.1 Å². The summed E-state index contributed by atoms with van der Waals surface area (Å²) in [6.07, 6.45) is -1.72. The number of fused-ring (bicyclic) bond motifs is 3. The van der Waals surface area contributed by atoms with E-state index in [1.54, 1.807) is 31.2 Å². The number of hydrogen-bond donors (Lipinski definition) is 3. The first-order valence-corrected chi connectivity index (χ1v) is 13.4. The fraction of sp³-hybridized carbons (Fsp3) is 0.414. The van der Waals surface area contributed by atoms with Crippen LogP contribution in [0.5, 0.6) is 5.75 Å². The third-order valence-corrected chi connectivity index (χ3v) is 8.35. The monoisotopic (exact) mass is 572 g/mol. The summed E-state index contributed by atoms with van der Waals surface area (Å²) in [6.45, 7) is 0.360. The van der Waals surface area contributed by atoms with E-state index in [0.717, 1.165) is 24.0 Å². The van der Waals surface area contributed by atoms with Gasteiger partial charge in [-0.2, -0.15) is 18.3 Å². The number of aromatic nitrogens is 2. The molecule has 2 aliphatic carbocycles. The molecule has 0 saturated heterocycles. The summed E-state index contributed by atoms with van der Waals surface area (Å²) in [7, 11) is 0.